The summed E-state index contributed by atoms with van der Waals surface area (Å²) in [5.41, 5.74) is -2.26. The topological polar surface area (TPSA) is 251 Å². The lowest BCUT2D eigenvalue weighted by Gasteiger charge is -2.22. The van der Waals surface area contributed by atoms with Crippen molar-refractivity contribution >= 4 is 42.0 Å². The second-order valence-electron chi connectivity index (χ2n) is 7.33. The van der Waals surface area contributed by atoms with Crippen molar-refractivity contribution in [1.82, 2.24) is 0 Å². The van der Waals surface area contributed by atoms with E-state index in [1.807, 2.05) is 0 Å². The van der Waals surface area contributed by atoms with Gasteiger partial charge in [0.1, 0.15) is 0 Å². The number of hydrogen-bond donors (Lipinski definition) is 3. The van der Waals surface area contributed by atoms with E-state index in [4.69, 9.17) is 10.2 Å². The van der Waals surface area contributed by atoms with E-state index in [-0.39, 0.29) is 0 Å². The zero-order valence-electron chi connectivity index (χ0n) is 22.9. The van der Waals surface area contributed by atoms with Gasteiger partial charge in [-0.25, -0.2) is 34.0 Å². The molecule has 0 bridgehead atoms. The zero-order valence-corrected chi connectivity index (χ0v) is 22.9. The molecule has 2 atom stereocenters. The van der Waals surface area contributed by atoms with E-state index in [2.05, 4.69) is 33.7 Å². The van der Waals surface area contributed by atoms with Crippen molar-refractivity contribution in [3.63, 3.8) is 0 Å². The van der Waals surface area contributed by atoms with Crippen LogP contribution >= 0.6 is 0 Å². The highest BCUT2D eigenvalue weighted by Crippen LogP contribution is 2.19. The molecule has 0 aliphatic carbocycles. The van der Waals surface area contributed by atoms with Crippen LogP contribution in [0.15, 0.2) is 9.98 Å². The van der Waals surface area contributed by atoms with Crippen LogP contribution in [-0.2, 0) is 57.2 Å². The van der Waals surface area contributed by atoms with Crippen LogP contribution < -0.4 is 0 Å². The molecule has 0 aromatic heterocycles. The summed E-state index contributed by atoms with van der Waals surface area (Å²) in [7, 11) is 5.27. The van der Waals surface area contributed by atoms with Gasteiger partial charge in [0, 0.05) is 0 Å². The minimum Gasteiger partial charge on any atom is -0.469 e. The maximum atomic E-state index is 11.2. The predicted octanol–water partition coefficient (Wildman–Crippen LogP) is -1.71. The molecule has 0 aromatic rings. The number of rotatable bonds is 15. The monoisotopic (exact) mass is 580 g/mol. The molecule has 0 aromatic carbocycles. The van der Waals surface area contributed by atoms with Crippen molar-refractivity contribution in [1.29, 1.82) is 0 Å². The maximum absolute atomic E-state index is 11.2. The van der Waals surface area contributed by atoms with Crippen LogP contribution in [0, 0.1) is 0 Å². The molecule has 228 valence electrons. The molecule has 0 saturated carbocycles. The summed E-state index contributed by atoms with van der Waals surface area (Å²) < 4.78 is 21.0. The Kier molecular flexibility index (Phi) is 25.6. The fourth-order valence-corrected chi connectivity index (χ4v) is 2.34. The van der Waals surface area contributed by atoms with Gasteiger partial charge in [-0.2, -0.15) is 0 Å². The molecular weight excluding hydrogens is 544 g/mol. The highest BCUT2D eigenvalue weighted by molar-refractivity contribution is 5.90. The van der Waals surface area contributed by atoms with Gasteiger partial charge in [0.25, 0.3) is 0 Å². The lowest BCUT2D eigenvalue weighted by atomic mass is 9.96. The van der Waals surface area contributed by atoms with E-state index in [1.165, 1.54) is 12.2 Å². The second kappa shape index (κ2) is 25.3. The van der Waals surface area contributed by atoms with Gasteiger partial charge in [0.15, 0.2) is 17.8 Å². The van der Waals surface area contributed by atoms with E-state index < -0.39 is 60.5 Å². The summed E-state index contributed by atoms with van der Waals surface area (Å²) >= 11 is 0. The first kappa shape index (κ1) is 40.5. The molecule has 17 heteroatoms. The quantitative estimate of drug-likeness (QED) is 0.0641. The van der Waals surface area contributed by atoms with Crippen LogP contribution in [-0.4, -0.2) is 124 Å². The number of isocyanates is 2. The number of esters is 5. The maximum Gasteiger partial charge on any atom is 0.339 e. The van der Waals surface area contributed by atoms with Gasteiger partial charge in [-0.1, -0.05) is 12.8 Å². The van der Waals surface area contributed by atoms with E-state index in [0.29, 0.717) is 13.1 Å². The van der Waals surface area contributed by atoms with Gasteiger partial charge in [-0.3, -0.25) is 9.59 Å². The van der Waals surface area contributed by atoms with Gasteiger partial charge >= 0.3 is 29.8 Å². The molecule has 0 rings (SSSR count). The molecule has 2 unspecified atom stereocenters. The Labute approximate surface area is 230 Å². The lowest BCUT2D eigenvalue weighted by molar-refractivity contribution is -0.174. The summed E-state index contributed by atoms with van der Waals surface area (Å²) in [5, 5.41) is 27.5. The van der Waals surface area contributed by atoms with Gasteiger partial charge in [-0.05, 0) is 12.8 Å². The normalized spacial score (nSPS) is 11.1. The molecule has 0 aliphatic heterocycles. The van der Waals surface area contributed by atoms with Crippen LogP contribution in [0.1, 0.15) is 38.5 Å². The largest absolute Gasteiger partial charge is 0.469 e. The van der Waals surface area contributed by atoms with Crippen molar-refractivity contribution in [2.75, 3.05) is 48.6 Å². The Bertz CT molecular complexity index is 819. The highest BCUT2D eigenvalue weighted by Gasteiger charge is 2.42. The fourth-order valence-electron chi connectivity index (χ4n) is 2.34. The molecule has 0 heterocycles. The Morgan fingerprint density at radius 1 is 0.650 bits per heavy atom. The van der Waals surface area contributed by atoms with E-state index in [9.17, 15) is 38.7 Å². The van der Waals surface area contributed by atoms with Gasteiger partial charge in [-0.15, -0.1) is 0 Å². The van der Waals surface area contributed by atoms with E-state index in [1.54, 1.807) is 0 Å². The standard InChI is InChI=1S/C9H14O7.C8H12N2O2.C6H10O6/c1-14-6(10)4-9(13,8(12)16-3)5-7(11)15-2;11-7-9-5-3-1-2-4-6-10-8-12;1-11-5(9)3(7)4(8)6(10)12-2/h13H,4-5H2,1-3H3;1-6H2;3-4,7-8H,1-2H3. The average Bonchev–Trinajstić information content (AvgIpc) is 2.96. The number of unbranched alkanes of at least 4 members (excludes halogenated alkanes) is 3. The Balaban J connectivity index is -0.000000522. The zero-order chi connectivity index (χ0) is 31.6. The third-order valence-corrected chi connectivity index (χ3v) is 4.50. The molecule has 3 N–H and O–H groups in total. The summed E-state index contributed by atoms with van der Waals surface area (Å²) in [5.74, 6) is -4.95. The molecule has 0 spiro atoms. The van der Waals surface area contributed by atoms with Crippen molar-refractivity contribution in [2.45, 2.75) is 56.3 Å². The molecule has 40 heavy (non-hydrogen) atoms. The summed E-state index contributed by atoms with van der Waals surface area (Å²) in [6, 6.07) is 0. The van der Waals surface area contributed by atoms with Crippen LogP contribution in [0.2, 0.25) is 0 Å². The summed E-state index contributed by atoms with van der Waals surface area (Å²) in [4.78, 5) is 80.4. The smallest absolute Gasteiger partial charge is 0.339 e. The third kappa shape index (κ3) is 20.0. The fraction of sp³-hybridized carbons (Fsp3) is 0.696. The first-order valence-electron chi connectivity index (χ1n) is 11.4. The van der Waals surface area contributed by atoms with Crippen LogP contribution in [0.25, 0.3) is 0 Å². The van der Waals surface area contributed by atoms with Crippen LogP contribution in [0.4, 0.5) is 0 Å². The van der Waals surface area contributed by atoms with E-state index >= 15 is 0 Å². The number of carbonyl (C=O) groups is 5. The summed E-state index contributed by atoms with van der Waals surface area (Å²) in [6.45, 7) is 1.11. The van der Waals surface area contributed by atoms with E-state index in [0.717, 1.165) is 61.2 Å². The molecule has 17 nitrogen and oxygen atoms in total. The molecule has 0 amide bonds. The van der Waals surface area contributed by atoms with Gasteiger partial charge in [0.05, 0.1) is 61.5 Å². The van der Waals surface area contributed by atoms with Crippen molar-refractivity contribution in [2.24, 2.45) is 9.98 Å². The number of nitrogens with zero attached hydrogens (tertiary/aromatic N) is 2. The molecular formula is C23H36N2O15. The molecule has 0 radical (unpaired) electrons. The SMILES string of the molecule is COC(=O)C(O)C(O)C(=O)OC.COC(=O)CC(O)(CC(=O)OC)C(=O)OC.O=C=NCCCCCCN=C=O. The third-order valence-electron chi connectivity index (χ3n) is 4.50. The minimum absolute atomic E-state index is 0.556. The Hall–Kier alpha value is -4.01. The van der Waals surface area contributed by atoms with Crippen LogP contribution in [0.3, 0.4) is 0 Å². The molecule has 0 saturated heterocycles. The number of ether oxygens (including phenoxy) is 5. The minimum atomic E-state index is -2.26. The second-order valence-corrected chi connectivity index (χ2v) is 7.33. The van der Waals surface area contributed by atoms with Gasteiger partial charge in [0.2, 0.25) is 12.2 Å². The summed E-state index contributed by atoms with van der Waals surface area (Å²) in [6.07, 6.45) is 1.65. The number of hydrogen-bond acceptors (Lipinski definition) is 17. The molecule has 0 fully saturated rings. The number of carbonyl (C=O) groups excluding carboxylic acids is 7. The predicted molar refractivity (Wildman–Crippen MR) is 131 cm³/mol. The first-order valence-corrected chi connectivity index (χ1v) is 11.4. The van der Waals surface area contributed by atoms with Gasteiger partial charge < -0.3 is 39.0 Å². The van der Waals surface area contributed by atoms with Crippen molar-refractivity contribution < 1.29 is 72.6 Å². The first-order chi connectivity index (χ1) is 18.8. The van der Waals surface area contributed by atoms with Crippen LogP contribution in [0.5, 0.6) is 0 Å². The number of aliphatic hydroxyl groups is 3. The Morgan fingerprint density at radius 2 is 1.00 bits per heavy atom. The number of aliphatic hydroxyl groups excluding tert-OH is 2. The number of methoxy groups -OCH3 is 5. The number of aliphatic imine (C=N–C) groups is 2. The highest BCUT2D eigenvalue weighted by atomic mass is 16.6. The molecule has 0 aliphatic rings. The Morgan fingerprint density at radius 3 is 1.25 bits per heavy atom. The lowest BCUT2D eigenvalue weighted by Crippen LogP contribution is -2.44. The average molecular weight is 581 g/mol. The van der Waals surface area contributed by atoms with Crippen molar-refractivity contribution in [3.05, 3.63) is 0 Å². The van der Waals surface area contributed by atoms with Crippen molar-refractivity contribution in [3.8, 4) is 0 Å².